The Hall–Kier alpha value is -2.11. The Labute approximate surface area is 360 Å². The van der Waals surface area contributed by atoms with Crippen LogP contribution in [0.2, 0.25) is 0 Å². The summed E-state index contributed by atoms with van der Waals surface area (Å²) in [6, 6.07) is 0. The van der Waals surface area contributed by atoms with Crippen molar-refractivity contribution in [3.8, 4) is 0 Å². The zero-order valence-corrected chi connectivity index (χ0v) is 38.8. The Kier molecular flexibility index (Phi) is 45.8. The molecule has 58 heavy (non-hydrogen) atoms. The van der Waals surface area contributed by atoms with Gasteiger partial charge in [-0.05, 0) is 44.9 Å². The molecule has 0 aliphatic carbocycles. The summed E-state index contributed by atoms with van der Waals surface area (Å²) in [5, 5.41) is 0. The number of carbonyl (C=O) groups excluding carboxylic acids is 3. The molecule has 0 fully saturated rings. The van der Waals surface area contributed by atoms with Crippen molar-refractivity contribution < 1.29 is 28.6 Å². The number of rotatable bonds is 46. The number of esters is 3. The van der Waals surface area contributed by atoms with Crippen LogP contribution in [0.25, 0.3) is 0 Å². The van der Waals surface area contributed by atoms with E-state index >= 15 is 0 Å². The Morgan fingerprint density at radius 1 is 0.362 bits per heavy atom. The van der Waals surface area contributed by atoms with Crippen LogP contribution >= 0.6 is 0 Å². The summed E-state index contributed by atoms with van der Waals surface area (Å²) in [5.74, 6) is -0.903. The molecule has 0 aromatic heterocycles. The topological polar surface area (TPSA) is 78.9 Å². The van der Waals surface area contributed by atoms with Gasteiger partial charge in [-0.25, -0.2) is 0 Å². The number of hydrogen-bond donors (Lipinski definition) is 0. The number of hydrogen-bond acceptors (Lipinski definition) is 6. The molecule has 1 unspecified atom stereocenters. The first-order valence-electron chi connectivity index (χ1n) is 25.3. The zero-order chi connectivity index (χ0) is 42.3. The van der Waals surface area contributed by atoms with E-state index in [9.17, 15) is 14.4 Å². The average molecular weight is 817 g/mol. The van der Waals surface area contributed by atoms with Gasteiger partial charge in [-0.2, -0.15) is 0 Å². The first-order valence-corrected chi connectivity index (χ1v) is 25.3. The molecule has 6 nitrogen and oxygen atoms in total. The van der Waals surface area contributed by atoms with Gasteiger partial charge in [-0.1, -0.05) is 231 Å². The number of allylic oxidation sites excluding steroid dienone is 4. The van der Waals surface area contributed by atoms with E-state index in [0.717, 1.165) is 70.6 Å². The van der Waals surface area contributed by atoms with Crippen molar-refractivity contribution in [2.24, 2.45) is 0 Å². The lowest BCUT2D eigenvalue weighted by atomic mass is 10.0. The molecule has 0 radical (unpaired) electrons. The fourth-order valence-corrected chi connectivity index (χ4v) is 7.42. The van der Waals surface area contributed by atoms with E-state index in [-0.39, 0.29) is 31.1 Å². The highest BCUT2D eigenvalue weighted by molar-refractivity contribution is 5.71. The standard InChI is InChI=1S/C52H96O6/c1-4-7-10-13-16-19-21-23-24-25-26-27-28-29-31-33-36-39-42-45-51(54)57-48-49(47-56-50(53)44-41-38-35-32-18-15-12-9-6-3)58-52(55)46-43-40-37-34-30-22-20-17-14-11-8-5-2/h9,12,18,32,49H,4-8,10-11,13-17,19-31,33-48H2,1-3H3/b12-9-,32-18-. The van der Waals surface area contributed by atoms with Crippen LogP contribution in [0, 0.1) is 0 Å². The van der Waals surface area contributed by atoms with Gasteiger partial charge in [-0.15, -0.1) is 0 Å². The molecule has 6 heteroatoms. The van der Waals surface area contributed by atoms with Crippen LogP contribution in [0.5, 0.6) is 0 Å². The summed E-state index contributed by atoms with van der Waals surface area (Å²) in [4.78, 5) is 37.8. The maximum Gasteiger partial charge on any atom is 0.306 e. The minimum Gasteiger partial charge on any atom is -0.462 e. The van der Waals surface area contributed by atoms with E-state index in [2.05, 4.69) is 45.1 Å². The molecule has 0 aromatic carbocycles. The second-order valence-corrected chi connectivity index (χ2v) is 17.1. The van der Waals surface area contributed by atoms with Gasteiger partial charge in [-0.3, -0.25) is 14.4 Å². The summed E-state index contributed by atoms with van der Waals surface area (Å²) >= 11 is 0. The maximum absolute atomic E-state index is 12.7. The van der Waals surface area contributed by atoms with Crippen LogP contribution < -0.4 is 0 Å². The average Bonchev–Trinajstić information content (AvgIpc) is 3.22. The predicted octanol–water partition coefficient (Wildman–Crippen LogP) is 16.4. The molecular weight excluding hydrogens is 721 g/mol. The Morgan fingerprint density at radius 3 is 1.03 bits per heavy atom. The summed E-state index contributed by atoms with van der Waals surface area (Å²) in [6.45, 7) is 6.51. The van der Waals surface area contributed by atoms with Crippen LogP contribution in [0.3, 0.4) is 0 Å². The molecule has 0 spiro atoms. The lowest BCUT2D eigenvalue weighted by Gasteiger charge is -2.18. The largest absolute Gasteiger partial charge is 0.462 e. The van der Waals surface area contributed by atoms with Gasteiger partial charge in [0.15, 0.2) is 6.10 Å². The van der Waals surface area contributed by atoms with Crippen molar-refractivity contribution in [3.05, 3.63) is 24.3 Å². The van der Waals surface area contributed by atoms with E-state index in [1.165, 1.54) is 161 Å². The third-order valence-corrected chi connectivity index (χ3v) is 11.2. The van der Waals surface area contributed by atoms with Gasteiger partial charge in [0.05, 0.1) is 0 Å². The van der Waals surface area contributed by atoms with E-state index in [1.54, 1.807) is 0 Å². The minimum atomic E-state index is -0.776. The van der Waals surface area contributed by atoms with Gasteiger partial charge in [0, 0.05) is 19.3 Å². The normalized spacial score (nSPS) is 12.1. The smallest absolute Gasteiger partial charge is 0.306 e. The maximum atomic E-state index is 12.7. The first-order chi connectivity index (χ1) is 28.5. The first kappa shape index (κ1) is 55.9. The van der Waals surface area contributed by atoms with Crippen molar-refractivity contribution in [1.29, 1.82) is 0 Å². The molecule has 340 valence electrons. The van der Waals surface area contributed by atoms with Crippen LogP contribution in [-0.4, -0.2) is 37.2 Å². The summed E-state index contributed by atoms with van der Waals surface area (Å²) < 4.78 is 16.7. The molecule has 0 bridgehead atoms. The third-order valence-electron chi connectivity index (χ3n) is 11.2. The molecule has 0 heterocycles. The molecule has 1 atom stereocenters. The van der Waals surface area contributed by atoms with E-state index in [1.807, 2.05) is 0 Å². The van der Waals surface area contributed by atoms with Gasteiger partial charge in [0.2, 0.25) is 0 Å². The van der Waals surface area contributed by atoms with E-state index in [0.29, 0.717) is 19.3 Å². The minimum absolute atomic E-state index is 0.0767. The number of unbranched alkanes of at least 4 members (excludes halogenated alkanes) is 31. The van der Waals surface area contributed by atoms with Gasteiger partial charge in [0.25, 0.3) is 0 Å². The highest BCUT2D eigenvalue weighted by atomic mass is 16.6. The molecule has 0 rings (SSSR count). The lowest BCUT2D eigenvalue weighted by molar-refractivity contribution is -0.167. The molecule has 0 saturated heterocycles. The summed E-state index contributed by atoms with van der Waals surface area (Å²) in [5.41, 5.74) is 0. The van der Waals surface area contributed by atoms with Gasteiger partial charge < -0.3 is 14.2 Å². The van der Waals surface area contributed by atoms with Crippen LogP contribution in [0.4, 0.5) is 0 Å². The Balaban J connectivity index is 4.24. The van der Waals surface area contributed by atoms with Crippen molar-refractivity contribution in [3.63, 3.8) is 0 Å². The van der Waals surface area contributed by atoms with Crippen LogP contribution in [0.15, 0.2) is 24.3 Å². The van der Waals surface area contributed by atoms with Crippen molar-refractivity contribution >= 4 is 17.9 Å². The van der Waals surface area contributed by atoms with Crippen molar-refractivity contribution in [1.82, 2.24) is 0 Å². The summed E-state index contributed by atoms with van der Waals surface area (Å²) in [6.07, 6.45) is 53.2. The predicted molar refractivity (Wildman–Crippen MR) is 247 cm³/mol. The van der Waals surface area contributed by atoms with Gasteiger partial charge in [0.1, 0.15) is 13.2 Å². The SMILES string of the molecule is CC/C=C\C/C=C\CCCCC(=O)OCC(COC(=O)CCCCCCCCCCCCCCCCCCCCC)OC(=O)CCCCCCCCCCCCCC. The highest BCUT2D eigenvalue weighted by Gasteiger charge is 2.19. The van der Waals surface area contributed by atoms with Crippen LogP contribution in [-0.2, 0) is 28.6 Å². The Bertz CT molecular complexity index is 942. The van der Waals surface area contributed by atoms with E-state index in [4.69, 9.17) is 14.2 Å². The highest BCUT2D eigenvalue weighted by Crippen LogP contribution is 2.16. The fourth-order valence-electron chi connectivity index (χ4n) is 7.42. The fraction of sp³-hybridized carbons (Fsp3) is 0.865. The quantitative estimate of drug-likeness (QED) is 0.0263. The Morgan fingerprint density at radius 2 is 0.672 bits per heavy atom. The number of carbonyl (C=O) groups is 3. The van der Waals surface area contributed by atoms with Crippen molar-refractivity contribution in [2.75, 3.05) is 13.2 Å². The number of ether oxygens (including phenoxy) is 3. The molecule has 0 aromatic rings. The zero-order valence-electron chi connectivity index (χ0n) is 38.8. The van der Waals surface area contributed by atoms with Crippen molar-refractivity contribution in [2.45, 2.75) is 277 Å². The molecule has 0 N–H and O–H groups in total. The molecule has 0 aliphatic rings. The van der Waals surface area contributed by atoms with Crippen LogP contribution in [0.1, 0.15) is 271 Å². The summed E-state index contributed by atoms with van der Waals surface area (Å²) in [7, 11) is 0. The second-order valence-electron chi connectivity index (χ2n) is 17.1. The second kappa shape index (κ2) is 47.6. The molecular formula is C52H96O6. The lowest BCUT2D eigenvalue weighted by Crippen LogP contribution is -2.30. The monoisotopic (exact) mass is 817 g/mol. The molecule has 0 saturated carbocycles. The molecule has 0 aliphatic heterocycles. The van der Waals surface area contributed by atoms with E-state index < -0.39 is 6.10 Å². The third kappa shape index (κ3) is 45.0. The van der Waals surface area contributed by atoms with Gasteiger partial charge >= 0.3 is 17.9 Å². The molecule has 0 amide bonds.